The number of thioether (sulfide) groups is 1. The predicted octanol–water partition coefficient (Wildman–Crippen LogP) is 5.98. The van der Waals surface area contributed by atoms with Crippen molar-refractivity contribution in [3.63, 3.8) is 0 Å². The van der Waals surface area contributed by atoms with Crippen molar-refractivity contribution in [1.29, 1.82) is 0 Å². The number of hydrogen-bond donors (Lipinski definition) is 1. The molecule has 0 aliphatic heterocycles. The van der Waals surface area contributed by atoms with Gasteiger partial charge in [-0.2, -0.15) is 0 Å². The van der Waals surface area contributed by atoms with Gasteiger partial charge in [-0.3, -0.25) is 9.36 Å². The molecule has 0 saturated carbocycles. The van der Waals surface area contributed by atoms with Gasteiger partial charge in [-0.05, 0) is 62.6 Å². The SMILES string of the molecule is Cc1ccc(-n2c(SCc3ccccc3C)nnc2C(C)NC(=O)c2ccccc2C)cc1. The van der Waals surface area contributed by atoms with Gasteiger partial charge < -0.3 is 5.32 Å². The van der Waals surface area contributed by atoms with Gasteiger partial charge in [-0.25, -0.2) is 0 Å². The molecular formula is C27H28N4OS. The lowest BCUT2D eigenvalue weighted by molar-refractivity contribution is 0.0937. The largest absolute Gasteiger partial charge is 0.342 e. The van der Waals surface area contributed by atoms with Gasteiger partial charge in [-0.1, -0.05) is 71.9 Å². The zero-order valence-electron chi connectivity index (χ0n) is 19.4. The van der Waals surface area contributed by atoms with Crippen molar-refractivity contribution in [2.75, 3.05) is 0 Å². The van der Waals surface area contributed by atoms with Crippen LogP contribution in [0.25, 0.3) is 5.69 Å². The minimum absolute atomic E-state index is 0.117. The normalized spacial score (nSPS) is 11.9. The highest BCUT2D eigenvalue weighted by molar-refractivity contribution is 7.98. The van der Waals surface area contributed by atoms with Crippen LogP contribution >= 0.6 is 11.8 Å². The van der Waals surface area contributed by atoms with Crippen molar-refractivity contribution >= 4 is 17.7 Å². The summed E-state index contributed by atoms with van der Waals surface area (Å²) in [6.07, 6.45) is 0. The molecule has 5 nitrogen and oxygen atoms in total. The summed E-state index contributed by atoms with van der Waals surface area (Å²) in [5, 5.41) is 12.9. The Hall–Kier alpha value is -3.38. The maximum Gasteiger partial charge on any atom is 0.252 e. The Bertz CT molecular complexity index is 1260. The molecule has 1 atom stereocenters. The second-order valence-electron chi connectivity index (χ2n) is 8.24. The van der Waals surface area contributed by atoms with Crippen LogP contribution in [0, 0.1) is 20.8 Å². The van der Waals surface area contributed by atoms with Crippen molar-refractivity contribution < 1.29 is 4.79 Å². The quantitative estimate of drug-likeness (QED) is 0.348. The summed E-state index contributed by atoms with van der Waals surface area (Å²) in [5.41, 5.74) is 6.29. The highest BCUT2D eigenvalue weighted by atomic mass is 32.2. The first kappa shape index (κ1) is 22.8. The molecule has 1 heterocycles. The molecule has 4 aromatic rings. The van der Waals surface area contributed by atoms with Crippen molar-refractivity contribution in [2.24, 2.45) is 0 Å². The molecule has 0 radical (unpaired) electrons. The van der Waals surface area contributed by atoms with E-state index in [-0.39, 0.29) is 11.9 Å². The Morgan fingerprint density at radius 3 is 2.27 bits per heavy atom. The van der Waals surface area contributed by atoms with Crippen molar-refractivity contribution in [1.82, 2.24) is 20.1 Å². The van der Waals surface area contributed by atoms with Gasteiger partial charge in [0.15, 0.2) is 11.0 Å². The average molecular weight is 457 g/mol. The summed E-state index contributed by atoms with van der Waals surface area (Å²) >= 11 is 1.65. The first-order valence-corrected chi connectivity index (χ1v) is 12.0. The molecule has 1 aromatic heterocycles. The third-order valence-corrected chi connectivity index (χ3v) is 6.67. The molecule has 4 rings (SSSR count). The van der Waals surface area contributed by atoms with E-state index in [0.29, 0.717) is 11.4 Å². The fraction of sp³-hybridized carbons (Fsp3) is 0.222. The third kappa shape index (κ3) is 5.17. The predicted molar refractivity (Wildman–Crippen MR) is 134 cm³/mol. The zero-order valence-corrected chi connectivity index (χ0v) is 20.2. The highest BCUT2D eigenvalue weighted by Crippen LogP contribution is 2.28. The lowest BCUT2D eigenvalue weighted by Gasteiger charge is -2.17. The lowest BCUT2D eigenvalue weighted by atomic mass is 10.1. The average Bonchev–Trinajstić information content (AvgIpc) is 3.23. The summed E-state index contributed by atoms with van der Waals surface area (Å²) in [4.78, 5) is 12.9. The summed E-state index contributed by atoms with van der Waals surface area (Å²) in [6, 6.07) is 23.9. The molecule has 1 amide bonds. The molecule has 3 aromatic carbocycles. The van der Waals surface area contributed by atoms with Crippen LogP contribution < -0.4 is 5.32 Å². The molecule has 6 heteroatoms. The topological polar surface area (TPSA) is 59.8 Å². The molecule has 168 valence electrons. The Morgan fingerprint density at radius 2 is 1.58 bits per heavy atom. The van der Waals surface area contributed by atoms with Gasteiger partial charge in [-0.15, -0.1) is 10.2 Å². The Labute approximate surface area is 199 Å². The molecule has 0 aliphatic carbocycles. The van der Waals surface area contributed by atoms with Gasteiger partial charge in [0.25, 0.3) is 5.91 Å². The number of hydrogen-bond acceptors (Lipinski definition) is 4. The second kappa shape index (κ2) is 10.0. The minimum atomic E-state index is -0.321. The van der Waals surface area contributed by atoms with E-state index in [2.05, 4.69) is 77.9 Å². The molecule has 0 aliphatic rings. The number of amides is 1. The van der Waals surface area contributed by atoms with Crippen LogP contribution in [0.2, 0.25) is 0 Å². The highest BCUT2D eigenvalue weighted by Gasteiger charge is 2.22. The van der Waals surface area contributed by atoms with Crippen LogP contribution in [0.4, 0.5) is 0 Å². The molecule has 0 fully saturated rings. The third-order valence-electron chi connectivity index (χ3n) is 5.69. The van der Waals surface area contributed by atoms with Crippen molar-refractivity contribution in [3.8, 4) is 5.69 Å². The summed E-state index contributed by atoms with van der Waals surface area (Å²) in [5.74, 6) is 1.38. The smallest absolute Gasteiger partial charge is 0.252 e. The second-order valence-corrected chi connectivity index (χ2v) is 9.18. The van der Waals surface area contributed by atoms with Crippen LogP contribution in [-0.2, 0) is 5.75 Å². The molecule has 0 saturated heterocycles. The lowest BCUT2D eigenvalue weighted by Crippen LogP contribution is -2.29. The van der Waals surface area contributed by atoms with Crippen LogP contribution in [0.15, 0.2) is 78.0 Å². The van der Waals surface area contributed by atoms with Gasteiger partial charge in [0.05, 0.1) is 6.04 Å². The maximum absolute atomic E-state index is 12.9. The van der Waals surface area contributed by atoms with E-state index in [4.69, 9.17) is 0 Å². The molecule has 1 unspecified atom stereocenters. The van der Waals surface area contributed by atoms with E-state index in [1.807, 2.05) is 42.7 Å². The summed E-state index contributed by atoms with van der Waals surface area (Å²) in [6.45, 7) is 8.07. The van der Waals surface area contributed by atoms with E-state index < -0.39 is 0 Å². The van der Waals surface area contributed by atoms with Crippen LogP contribution in [-0.4, -0.2) is 20.7 Å². The van der Waals surface area contributed by atoms with Crippen LogP contribution in [0.5, 0.6) is 0 Å². The van der Waals surface area contributed by atoms with Crippen molar-refractivity contribution in [3.05, 3.63) is 106 Å². The molecule has 1 N–H and O–H groups in total. The Kier molecular flexibility index (Phi) is 6.94. The number of benzene rings is 3. The Balaban J connectivity index is 1.64. The molecular weight excluding hydrogens is 428 g/mol. The number of carbonyl (C=O) groups excluding carboxylic acids is 1. The van der Waals surface area contributed by atoms with Gasteiger partial charge >= 0.3 is 0 Å². The monoisotopic (exact) mass is 456 g/mol. The minimum Gasteiger partial charge on any atom is -0.342 e. The van der Waals surface area contributed by atoms with Gasteiger partial charge in [0, 0.05) is 17.0 Å². The standard InChI is InChI=1S/C27H28N4OS/c1-18-13-15-23(16-14-18)31-25(21(4)28-26(32)24-12-8-6-10-20(24)3)29-30-27(31)33-17-22-11-7-5-9-19(22)2/h5-16,21H,17H2,1-4H3,(H,28,32). The van der Waals surface area contributed by atoms with E-state index in [9.17, 15) is 4.79 Å². The fourth-order valence-electron chi connectivity index (χ4n) is 3.67. The van der Waals surface area contributed by atoms with E-state index in [1.54, 1.807) is 11.8 Å². The van der Waals surface area contributed by atoms with Gasteiger partial charge in [0.2, 0.25) is 0 Å². The Morgan fingerprint density at radius 1 is 0.909 bits per heavy atom. The van der Waals surface area contributed by atoms with Crippen molar-refractivity contribution in [2.45, 2.75) is 44.6 Å². The number of aromatic nitrogens is 3. The van der Waals surface area contributed by atoms with Gasteiger partial charge in [0.1, 0.15) is 0 Å². The van der Waals surface area contributed by atoms with Crippen LogP contribution in [0.3, 0.4) is 0 Å². The molecule has 0 spiro atoms. The number of carbonyl (C=O) groups is 1. The number of nitrogens with one attached hydrogen (secondary N) is 1. The molecule has 33 heavy (non-hydrogen) atoms. The van der Waals surface area contributed by atoms with Crippen LogP contribution in [0.1, 0.15) is 51.4 Å². The fourth-order valence-corrected chi connectivity index (χ4v) is 4.71. The van der Waals surface area contributed by atoms with E-state index in [1.165, 1.54) is 16.7 Å². The van der Waals surface area contributed by atoms with E-state index in [0.717, 1.165) is 22.2 Å². The number of rotatable bonds is 7. The number of nitrogens with zero attached hydrogens (tertiary/aromatic N) is 3. The number of aryl methyl sites for hydroxylation is 3. The maximum atomic E-state index is 12.9. The zero-order chi connectivity index (χ0) is 23.4. The molecule has 0 bridgehead atoms. The summed E-state index contributed by atoms with van der Waals surface area (Å²) in [7, 11) is 0. The first-order chi connectivity index (χ1) is 15.9. The summed E-state index contributed by atoms with van der Waals surface area (Å²) < 4.78 is 2.05. The first-order valence-electron chi connectivity index (χ1n) is 11.0. The van der Waals surface area contributed by atoms with E-state index >= 15 is 0 Å².